The van der Waals surface area contributed by atoms with Crippen molar-refractivity contribution in [1.29, 1.82) is 0 Å². The van der Waals surface area contributed by atoms with Gasteiger partial charge in [-0.1, -0.05) is 57.2 Å². The van der Waals surface area contributed by atoms with Gasteiger partial charge in [0.2, 0.25) is 0 Å². The van der Waals surface area contributed by atoms with E-state index in [2.05, 4.69) is 61.5 Å². The van der Waals surface area contributed by atoms with Gasteiger partial charge in [-0.25, -0.2) is 4.79 Å². The van der Waals surface area contributed by atoms with Crippen molar-refractivity contribution in [3.8, 4) is 28.1 Å². The molecule has 0 aliphatic heterocycles. The van der Waals surface area contributed by atoms with Gasteiger partial charge in [0.05, 0.1) is 30.1 Å². The summed E-state index contributed by atoms with van der Waals surface area (Å²) in [5.41, 5.74) is 5.12. The van der Waals surface area contributed by atoms with Crippen LogP contribution in [0.2, 0.25) is 18.1 Å². The fourth-order valence-corrected chi connectivity index (χ4v) is 5.26. The summed E-state index contributed by atoms with van der Waals surface area (Å²) in [7, 11) is -2.06. The first kappa shape index (κ1) is 31.2. The van der Waals surface area contributed by atoms with Crippen molar-refractivity contribution < 1.29 is 18.7 Å². The molecule has 4 aromatic rings. The van der Waals surface area contributed by atoms with Crippen LogP contribution in [0.3, 0.4) is 0 Å². The van der Waals surface area contributed by atoms with Crippen molar-refractivity contribution in [2.75, 3.05) is 13.2 Å². The van der Waals surface area contributed by atoms with Crippen LogP contribution >= 0.6 is 0 Å². The lowest BCUT2D eigenvalue weighted by molar-refractivity contribution is 0.0461. The van der Waals surface area contributed by atoms with Gasteiger partial charge in [-0.2, -0.15) is 5.10 Å². The van der Waals surface area contributed by atoms with E-state index in [1.165, 1.54) is 0 Å². The highest BCUT2D eigenvalue weighted by Gasteiger charge is 2.38. The zero-order valence-electron chi connectivity index (χ0n) is 26.3. The van der Waals surface area contributed by atoms with Crippen LogP contribution in [-0.2, 0) is 9.16 Å². The van der Waals surface area contributed by atoms with Gasteiger partial charge in [0, 0.05) is 22.2 Å². The van der Waals surface area contributed by atoms with Crippen LogP contribution < -0.4 is 10.1 Å². The standard InChI is InChI=1S/C33H44N4O4Si/c1-22-27-17-24(15-16-29(27)37-36-22)28-18-26(19-34-30(28)23-13-11-10-12-14-23)39-20-25(35-31(38)41-32(2,3)4)21-40-42(8,9)33(5,6)7/h10-19,25H,20-21H2,1-9H3,(H,35,38)(H,36,37)/t25-/m1/s1. The number of alkyl carbamates (subject to hydrolysis) is 1. The number of carbonyl (C=O) groups excluding carboxylic acids is 1. The molecule has 0 unspecified atom stereocenters. The van der Waals surface area contributed by atoms with E-state index in [0.717, 1.165) is 39.0 Å². The summed E-state index contributed by atoms with van der Waals surface area (Å²) >= 11 is 0. The van der Waals surface area contributed by atoms with E-state index in [4.69, 9.17) is 18.9 Å². The summed E-state index contributed by atoms with van der Waals surface area (Å²) in [5.74, 6) is 0.594. The molecule has 0 fully saturated rings. The maximum absolute atomic E-state index is 12.7. The lowest BCUT2D eigenvalue weighted by atomic mass is 9.98. The molecule has 0 radical (unpaired) electrons. The van der Waals surface area contributed by atoms with Crippen molar-refractivity contribution in [2.45, 2.75) is 78.2 Å². The Morgan fingerprint density at radius 1 is 0.976 bits per heavy atom. The van der Waals surface area contributed by atoms with Crippen molar-refractivity contribution in [1.82, 2.24) is 20.5 Å². The largest absolute Gasteiger partial charge is 0.490 e. The molecule has 0 aliphatic carbocycles. The third kappa shape index (κ3) is 7.77. The molecule has 42 heavy (non-hydrogen) atoms. The number of H-pyrrole nitrogens is 1. The Labute approximate surface area is 250 Å². The number of fused-ring (bicyclic) bond motifs is 1. The number of nitrogens with zero attached hydrogens (tertiary/aromatic N) is 2. The van der Waals surface area contributed by atoms with Crippen molar-refractivity contribution in [3.63, 3.8) is 0 Å². The number of hydrogen-bond donors (Lipinski definition) is 2. The third-order valence-corrected chi connectivity index (χ3v) is 12.1. The van der Waals surface area contributed by atoms with E-state index in [0.29, 0.717) is 12.4 Å². The number of hydrogen-bond acceptors (Lipinski definition) is 6. The zero-order chi connectivity index (χ0) is 30.7. The normalized spacial score (nSPS) is 13.2. The predicted octanol–water partition coefficient (Wildman–Crippen LogP) is 7.89. The summed E-state index contributed by atoms with van der Waals surface area (Å²) in [6.07, 6.45) is 1.23. The van der Waals surface area contributed by atoms with Gasteiger partial charge in [0.1, 0.15) is 18.0 Å². The molecule has 2 aromatic heterocycles. The third-order valence-electron chi connectivity index (χ3n) is 7.59. The monoisotopic (exact) mass is 588 g/mol. The average molecular weight is 589 g/mol. The van der Waals surface area contributed by atoms with Crippen LogP contribution in [0.25, 0.3) is 33.3 Å². The number of carbonyl (C=O) groups is 1. The Hall–Kier alpha value is -3.69. The lowest BCUT2D eigenvalue weighted by Crippen LogP contribution is -2.49. The molecule has 1 atom stereocenters. The summed E-state index contributed by atoms with van der Waals surface area (Å²) < 4.78 is 18.3. The molecule has 0 aliphatic rings. The van der Waals surface area contributed by atoms with Crippen LogP contribution in [0.4, 0.5) is 4.79 Å². The number of nitrogens with one attached hydrogen (secondary N) is 2. The van der Waals surface area contributed by atoms with Gasteiger partial charge < -0.3 is 19.2 Å². The second kappa shape index (κ2) is 12.3. The summed E-state index contributed by atoms with van der Waals surface area (Å²) in [4.78, 5) is 17.5. The SMILES string of the molecule is Cc1[nH]nc2ccc(-c3cc(OC[C@H](CO[Si](C)(C)C(C)(C)C)NC(=O)OC(C)(C)C)cnc3-c3ccccc3)cc12. The minimum Gasteiger partial charge on any atom is -0.490 e. The molecule has 8 nitrogen and oxygen atoms in total. The van der Waals surface area contributed by atoms with Gasteiger partial charge in [-0.3, -0.25) is 10.1 Å². The van der Waals surface area contributed by atoms with Gasteiger partial charge in [-0.15, -0.1) is 0 Å². The van der Waals surface area contributed by atoms with Crippen LogP contribution in [0.15, 0.2) is 60.8 Å². The second-order valence-corrected chi connectivity index (χ2v) is 18.0. The van der Waals surface area contributed by atoms with Gasteiger partial charge in [0.25, 0.3) is 0 Å². The summed E-state index contributed by atoms with van der Waals surface area (Å²) in [6.45, 7) is 19.0. The first-order chi connectivity index (χ1) is 19.6. The number of aromatic amines is 1. The van der Waals surface area contributed by atoms with E-state index in [-0.39, 0.29) is 11.6 Å². The Kier molecular flexibility index (Phi) is 9.13. The van der Waals surface area contributed by atoms with E-state index in [9.17, 15) is 4.79 Å². The molecule has 0 spiro atoms. The Morgan fingerprint density at radius 2 is 1.69 bits per heavy atom. The smallest absolute Gasteiger partial charge is 0.408 e. The molecular formula is C33H44N4O4Si. The highest BCUT2D eigenvalue weighted by molar-refractivity contribution is 6.74. The number of benzene rings is 2. The lowest BCUT2D eigenvalue weighted by Gasteiger charge is -2.37. The average Bonchev–Trinajstić information content (AvgIpc) is 3.28. The Balaban J connectivity index is 1.62. The first-order valence-corrected chi connectivity index (χ1v) is 17.3. The summed E-state index contributed by atoms with van der Waals surface area (Å²) in [6, 6.07) is 17.9. The number of rotatable bonds is 9. The molecule has 0 bridgehead atoms. The fraction of sp³-hybridized carbons (Fsp3) is 0.424. The number of amides is 1. The minimum atomic E-state index is -2.06. The maximum atomic E-state index is 12.7. The number of ether oxygens (including phenoxy) is 2. The summed E-state index contributed by atoms with van der Waals surface area (Å²) in [5, 5.41) is 11.5. The predicted molar refractivity (Wildman–Crippen MR) is 171 cm³/mol. The highest BCUT2D eigenvalue weighted by Crippen LogP contribution is 2.37. The van der Waals surface area contributed by atoms with E-state index in [1.54, 1.807) is 6.20 Å². The minimum absolute atomic E-state index is 0.0326. The van der Waals surface area contributed by atoms with Crippen molar-refractivity contribution >= 4 is 25.3 Å². The Bertz CT molecular complexity index is 1520. The number of aromatic nitrogens is 3. The van der Waals surface area contributed by atoms with Crippen molar-refractivity contribution in [3.05, 3.63) is 66.5 Å². The van der Waals surface area contributed by atoms with E-state index >= 15 is 0 Å². The molecule has 2 N–H and O–H groups in total. The molecule has 224 valence electrons. The van der Waals surface area contributed by atoms with Crippen molar-refractivity contribution in [2.24, 2.45) is 0 Å². The van der Waals surface area contributed by atoms with Gasteiger partial charge >= 0.3 is 6.09 Å². The van der Waals surface area contributed by atoms with Crippen LogP contribution in [0.5, 0.6) is 5.75 Å². The van der Waals surface area contributed by atoms with E-state index in [1.807, 2.05) is 70.2 Å². The quantitative estimate of drug-likeness (QED) is 0.193. The van der Waals surface area contributed by atoms with Crippen LogP contribution in [0.1, 0.15) is 47.2 Å². The molecule has 1 amide bonds. The maximum Gasteiger partial charge on any atom is 0.408 e. The first-order valence-electron chi connectivity index (χ1n) is 14.4. The van der Waals surface area contributed by atoms with Crippen LogP contribution in [-0.4, -0.2) is 54.4 Å². The molecule has 0 saturated carbocycles. The molecule has 4 rings (SSSR count). The second-order valence-electron chi connectivity index (χ2n) is 13.2. The van der Waals surface area contributed by atoms with E-state index < -0.39 is 26.1 Å². The van der Waals surface area contributed by atoms with Gasteiger partial charge in [0.15, 0.2) is 8.32 Å². The molecule has 2 aromatic carbocycles. The molecule has 9 heteroatoms. The molecular weight excluding hydrogens is 544 g/mol. The molecule has 2 heterocycles. The molecule has 0 saturated heterocycles. The number of aryl methyl sites for hydroxylation is 1. The fourth-order valence-electron chi connectivity index (χ4n) is 4.20. The topological polar surface area (TPSA) is 98.4 Å². The highest BCUT2D eigenvalue weighted by atomic mass is 28.4. The Morgan fingerprint density at radius 3 is 2.36 bits per heavy atom. The van der Waals surface area contributed by atoms with Gasteiger partial charge in [-0.05, 0) is 69.6 Å². The number of pyridine rings is 1. The van der Waals surface area contributed by atoms with Crippen LogP contribution in [0, 0.1) is 6.92 Å². The zero-order valence-corrected chi connectivity index (χ0v) is 27.3.